The Kier molecular flexibility index (Phi) is 9.54. The zero-order valence-corrected chi connectivity index (χ0v) is 17.1. The van der Waals surface area contributed by atoms with Crippen LogP contribution in [-0.2, 0) is 37.1 Å². The van der Waals surface area contributed by atoms with E-state index in [1.807, 2.05) is 48.5 Å². The number of esters is 1. The molecule has 3 N–H and O–H groups in total. The monoisotopic (exact) mass is 427 g/mol. The molecule has 0 aliphatic heterocycles. The van der Waals surface area contributed by atoms with Gasteiger partial charge in [0, 0.05) is 0 Å². The molecule has 1 atom stereocenters. The number of rotatable bonds is 10. The van der Waals surface area contributed by atoms with Gasteiger partial charge in [-0.2, -0.15) is 0 Å². The number of carbonyl (C=O) groups is 4. The predicted octanol–water partition coefficient (Wildman–Crippen LogP) is 1.28. The third kappa shape index (κ3) is 9.44. The highest BCUT2D eigenvalue weighted by Gasteiger charge is 2.17. The Morgan fingerprint density at radius 2 is 1.32 bits per heavy atom. The van der Waals surface area contributed by atoms with Crippen LogP contribution >= 0.6 is 0 Å². The molecular formula is C22H25N3O6. The quantitative estimate of drug-likeness (QED) is 0.491. The summed E-state index contributed by atoms with van der Waals surface area (Å²) < 4.78 is 10.1. The van der Waals surface area contributed by atoms with Crippen molar-refractivity contribution in [3.8, 4) is 0 Å². The summed E-state index contributed by atoms with van der Waals surface area (Å²) in [6.45, 7) is 0.967. The molecule has 0 radical (unpaired) electrons. The normalized spacial score (nSPS) is 11.0. The highest BCUT2D eigenvalue weighted by Crippen LogP contribution is 2.01. The molecule has 0 heterocycles. The van der Waals surface area contributed by atoms with E-state index in [4.69, 9.17) is 9.47 Å². The van der Waals surface area contributed by atoms with Gasteiger partial charge in [-0.25, -0.2) is 4.79 Å². The van der Waals surface area contributed by atoms with Gasteiger partial charge in [0.1, 0.15) is 25.8 Å². The topological polar surface area (TPSA) is 123 Å². The summed E-state index contributed by atoms with van der Waals surface area (Å²) in [5.74, 6) is -1.73. The van der Waals surface area contributed by atoms with Crippen molar-refractivity contribution in [2.75, 3.05) is 13.1 Å². The van der Waals surface area contributed by atoms with E-state index in [2.05, 4.69) is 16.0 Å². The lowest BCUT2D eigenvalue weighted by Crippen LogP contribution is -2.48. The molecule has 2 aromatic carbocycles. The van der Waals surface area contributed by atoms with Gasteiger partial charge in [-0.1, -0.05) is 60.7 Å². The van der Waals surface area contributed by atoms with Gasteiger partial charge in [-0.3, -0.25) is 14.4 Å². The van der Waals surface area contributed by atoms with Crippen molar-refractivity contribution in [1.29, 1.82) is 0 Å². The molecule has 0 aliphatic carbocycles. The fourth-order valence-corrected chi connectivity index (χ4v) is 2.35. The zero-order valence-electron chi connectivity index (χ0n) is 17.1. The highest BCUT2D eigenvalue weighted by molar-refractivity contribution is 5.90. The van der Waals surface area contributed by atoms with Crippen LogP contribution in [0.15, 0.2) is 60.7 Å². The molecule has 0 aliphatic rings. The molecule has 0 saturated heterocycles. The largest absolute Gasteiger partial charge is 0.460 e. The minimum absolute atomic E-state index is 0.0732. The van der Waals surface area contributed by atoms with E-state index in [1.54, 1.807) is 12.1 Å². The average molecular weight is 427 g/mol. The van der Waals surface area contributed by atoms with Crippen molar-refractivity contribution in [3.05, 3.63) is 71.8 Å². The van der Waals surface area contributed by atoms with E-state index in [0.717, 1.165) is 11.1 Å². The summed E-state index contributed by atoms with van der Waals surface area (Å²) in [6.07, 6.45) is -0.753. The first-order valence-electron chi connectivity index (χ1n) is 9.65. The lowest BCUT2D eigenvalue weighted by molar-refractivity contribution is -0.145. The second-order valence-corrected chi connectivity index (χ2v) is 6.57. The molecule has 0 fully saturated rings. The second kappa shape index (κ2) is 12.6. The molecule has 3 amide bonds. The molecule has 2 rings (SSSR count). The molecule has 2 aromatic rings. The fraction of sp³-hybridized carbons (Fsp3) is 0.273. The minimum atomic E-state index is -0.910. The number of hydrogen-bond acceptors (Lipinski definition) is 6. The number of alkyl carbamates (subject to hydrolysis) is 1. The third-order valence-electron chi connectivity index (χ3n) is 4.04. The van der Waals surface area contributed by atoms with E-state index >= 15 is 0 Å². The van der Waals surface area contributed by atoms with Crippen molar-refractivity contribution in [2.45, 2.75) is 26.2 Å². The molecule has 0 unspecified atom stereocenters. The number of hydrogen-bond donors (Lipinski definition) is 3. The molecule has 164 valence electrons. The number of benzene rings is 2. The molecule has 0 saturated carbocycles. The molecule has 9 heteroatoms. The van der Waals surface area contributed by atoms with E-state index < -0.39 is 29.9 Å². The Balaban J connectivity index is 1.59. The molecule has 0 spiro atoms. The standard InChI is InChI=1S/C22H25N3O6/c1-16(25-22(29)31-15-18-10-6-3-7-11-18)21(28)24-12-19(26)23-13-20(27)30-14-17-8-4-2-5-9-17/h2-11,16H,12-15H2,1H3,(H,23,26)(H,24,28)(H,25,29)/t16-/m0/s1. The minimum Gasteiger partial charge on any atom is -0.460 e. The van der Waals surface area contributed by atoms with Gasteiger partial charge < -0.3 is 25.4 Å². The summed E-state index contributed by atoms with van der Waals surface area (Å²) in [7, 11) is 0. The fourth-order valence-electron chi connectivity index (χ4n) is 2.35. The third-order valence-corrected chi connectivity index (χ3v) is 4.04. The van der Waals surface area contributed by atoms with Crippen LogP contribution in [0.5, 0.6) is 0 Å². The maximum absolute atomic E-state index is 12.0. The first-order chi connectivity index (χ1) is 14.9. The van der Waals surface area contributed by atoms with Crippen LogP contribution < -0.4 is 16.0 Å². The van der Waals surface area contributed by atoms with Gasteiger partial charge in [-0.15, -0.1) is 0 Å². The van der Waals surface area contributed by atoms with Crippen molar-refractivity contribution in [1.82, 2.24) is 16.0 Å². The summed E-state index contributed by atoms with van der Waals surface area (Å²) in [5, 5.41) is 7.10. The Morgan fingerprint density at radius 1 is 0.774 bits per heavy atom. The maximum atomic E-state index is 12.0. The molecule has 9 nitrogen and oxygen atoms in total. The van der Waals surface area contributed by atoms with Crippen molar-refractivity contribution in [2.24, 2.45) is 0 Å². The molecule has 0 bridgehead atoms. The number of ether oxygens (including phenoxy) is 2. The van der Waals surface area contributed by atoms with E-state index in [-0.39, 0.29) is 26.3 Å². The van der Waals surface area contributed by atoms with Gasteiger partial charge >= 0.3 is 12.1 Å². The lowest BCUT2D eigenvalue weighted by Gasteiger charge is -2.14. The Morgan fingerprint density at radius 3 is 1.90 bits per heavy atom. The Hall–Kier alpha value is -3.88. The van der Waals surface area contributed by atoms with Crippen LogP contribution in [-0.4, -0.2) is 43.0 Å². The van der Waals surface area contributed by atoms with Crippen LogP contribution in [0.3, 0.4) is 0 Å². The maximum Gasteiger partial charge on any atom is 0.408 e. The van der Waals surface area contributed by atoms with Gasteiger partial charge in [-0.05, 0) is 18.1 Å². The SMILES string of the molecule is C[C@H](NC(=O)OCc1ccccc1)C(=O)NCC(=O)NCC(=O)OCc1ccccc1. The second-order valence-electron chi connectivity index (χ2n) is 6.57. The van der Waals surface area contributed by atoms with E-state index in [0.29, 0.717) is 0 Å². The van der Waals surface area contributed by atoms with Crippen LogP contribution in [0.2, 0.25) is 0 Å². The van der Waals surface area contributed by atoms with Crippen LogP contribution in [0, 0.1) is 0 Å². The number of amides is 3. The van der Waals surface area contributed by atoms with Crippen LogP contribution in [0.1, 0.15) is 18.1 Å². The first-order valence-corrected chi connectivity index (χ1v) is 9.65. The lowest BCUT2D eigenvalue weighted by atomic mass is 10.2. The number of nitrogens with one attached hydrogen (secondary N) is 3. The number of carbonyl (C=O) groups excluding carboxylic acids is 4. The van der Waals surface area contributed by atoms with Crippen LogP contribution in [0.25, 0.3) is 0 Å². The van der Waals surface area contributed by atoms with E-state index in [9.17, 15) is 19.2 Å². The summed E-state index contributed by atoms with van der Waals surface area (Å²) in [5.41, 5.74) is 1.65. The van der Waals surface area contributed by atoms with Gasteiger partial charge in [0.15, 0.2) is 0 Å². The summed E-state index contributed by atoms with van der Waals surface area (Å²) >= 11 is 0. The molecular weight excluding hydrogens is 402 g/mol. The summed E-state index contributed by atoms with van der Waals surface area (Å²) in [4.78, 5) is 47.2. The summed E-state index contributed by atoms with van der Waals surface area (Å²) in [6, 6.07) is 17.3. The van der Waals surface area contributed by atoms with Gasteiger partial charge in [0.2, 0.25) is 11.8 Å². The predicted molar refractivity (Wildman–Crippen MR) is 111 cm³/mol. The van der Waals surface area contributed by atoms with E-state index in [1.165, 1.54) is 6.92 Å². The highest BCUT2D eigenvalue weighted by atomic mass is 16.5. The smallest absolute Gasteiger partial charge is 0.408 e. The molecule has 0 aromatic heterocycles. The first kappa shape index (κ1) is 23.4. The average Bonchev–Trinajstić information content (AvgIpc) is 2.79. The van der Waals surface area contributed by atoms with Crippen molar-refractivity contribution in [3.63, 3.8) is 0 Å². The van der Waals surface area contributed by atoms with Crippen LogP contribution in [0.4, 0.5) is 4.79 Å². The Bertz CT molecular complexity index is 873. The van der Waals surface area contributed by atoms with Gasteiger partial charge in [0.05, 0.1) is 6.54 Å². The molecule has 31 heavy (non-hydrogen) atoms. The van der Waals surface area contributed by atoms with Gasteiger partial charge in [0.25, 0.3) is 0 Å². The Labute approximate surface area is 180 Å². The van der Waals surface area contributed by atoms with Crippen molar-refractivity contribution < 1.29 is 28.7 Å². The zero-order chi connectivity index (χ0) is 22.5. The van der Waals surface area contributed by atoms with Crippen molar-refractivity contribution >= 4 is 23.9 Å².